The zero-order valence-electron chi connectivity index (χ0n) is 11.9. The number of nitrogens with one attached hydrogen (secondary N) is 1. The summed E-state index contributed by atoms with van der Waals surface area (Å²) in [5.74, 6) is 0.429. The molecule has 0 amide bonds. The fraction of sp³-hybridized carbons (Fsp3) is 0.467. The Labute approximate surface area is 140 Å². The maximum absolute atomic E-state index is 6.07. The van der Waals surface area contributed by atoms with E-state index in [0.29, 0.717) is 15.9 Å². The van der Waals surface area contributed by atoms with E-state index >= 15 is 0 Å². The summed E-state index contributed by atoms with van der Waals surface area (Å²) in [5, 5.41) is 5.39. The molecule has 0 aromatic carbocycles. The Kier molecular flexibility index (Phi) is 6.34. The van der Waals surface area contributed by atoms with Gasteiger partial charge in [0.05, 0.1) is 15.8 Å². The topological polar surface area (TPSA) is 37.3 Å². The highest BCUT2D eigenvalue weighted by Gasteiger charge is 2.14. The lowest BCUT2D eigenvalue weighted by molar-refractivity contribution is 0.722. The highest BCUT2D eigenvalue weighted by Crippen LogP contribution is 2.29. The van der Waals surface area contributed by atoms with Crippen molar-refractivity contribution >= 4 is 46.3 Å². The number of halogens is 3. The van der Waals surface area contributed by atoms with Gasteiger partial charge in [-0.15, -0.1) is 0 Å². The van der Waals surface area contributed by atoms with Crippen molar-refractivity contribution in [3.63, 3.8) is 0 Å². The standard InChI is InChI=1S/C15H18Cl3N3/c1-2-3-4-6-10-7-5-8-13(10)20-21-15-12(17)9-11(16)14(18)19-15/h7,9H,2-6,8H2,1H3,(H,19,21)/b20-13-. The minimum atomic E-state index is 0.217. The van der Waals surface area contributed by atoms with Crippen molar-refractivity contribution in [1.29, 1.82) is 0 Å². The lowest BCUT2D eigenvalue weighted by Crippen LogP contribution is -2.03. The first kappa shape index (κ1) is 16.6. The first-order chi connectivity index (χ1) is 10.1. The van der Waals surface area contributed by atoms with E-state index in [1.165, 1.54) is 24.8 Å². The van der Waals surface area contributed by atoms with Gasteiger partial charge in [-0.05, 0) is 37.3 Å². The normalized spacial score (nSPS) is 16.4. The lowest BCUT2D eigenvalue weighted by atomic mass is 10.1. The van der Waals surface area contributed by atoms with Crippen LogP contribution < -0.4 is 5.43 Å². The fourth-order valence-electron chi connectivity index (χ4n) is 2.24. The smallest absolute Gasteiger partial charge is 0.166 e. The quantitative estimate of drug-likeness (QED) is 0.383. The molecule has 1 aromatic heterocycles. The largest absolute Gasteiger partial charge is 0.260 e. The van der Waals surface area contributed by atoms with Gasteiger partial charge in [0.15, 0.2) is 5.82 Å². The van der Waals surface area contributed by atoms with E-state index in [2.05, 4.69) is 28.5 Å². The van der Waals surface area contributed by atoms with E-state index in [9.17, 15) is 0 Å². The summed E-state index contributed by atoms with van der Waals surface area (Å²) in [4.78, 5) is 4.10. The van der Waals surface area contributed by atoms with Gasteiger partial charge < -0.3 is 0 Å². The summed E-state index contributed by atoms with van der Waals surface area (Å²) < 4.78 is 0. The van der Waals surface area contributed by atoms with Gasteiger partial charge in [-0.25, -0.2) is 4.98 Å². The van der Waals surface area contributed by atoms with Gasteiger partial charge in [-0.1, -0.05) is 60.6 Å². The predicted molar refractivity (Wildman–Crippen MR) is 91.8 cm³/mol. The van der Waals surface area contributed by atoms with Gasteiger partial charge in [0, 0.05) is 0 Å². The van der Waals surface area contributed by atoms with E-state index < -0.39 is 0 Å². The van der Waals surface area contributed by atoms with Crippen molar-refractivity contribution in [2.24, 2.45) is 5.10 Å². The SMILES string of the molecule is CCCCCC1=CCC/C1=N/Nc1nc(Cl)c(Cl)cc1Cl. The molecule has 21 heavy (non-hydrogen) atoms. The van der Waals surface area contributed by atoms with E-state index in [1.54, 1.807) is 6.07 Å². The van der Waals surface area contributed by atoms with Gasteiger partial charge in [-0.3, -0.25) is 5.43 Å². The number of allylic oxidation sites excluding steroid dienone is 2. The fourth-order valence-corrected chi connectivity index (χ4v) is 2.78. The molecule has 0 saturated carbocycles. The van der Waals surface area contributed by atoms with Crippen molar-refractivity contribution in [1.82, 2.24) is 4.98 Å². The molecule has 1 aliphatic rings. The van der Waals surface area contributed by atoms with E-state index in [4.69, 9.17) is 34.8 Å². The number of nitrogens with zero attached hydrogens (tertiary/aromatic N) is 2. The summed E-state index contributed by atoms with van der Waals surface area (Å²) in [6.07, 6.45) is 9.01. The number of hydrazone groups is 1. The monoisotopic (exact) mass is 345 g/mol. The Bertz CT molecular complexity index is 568. The lowest BCUT2D eigenvalue weighted by Gasteiger charge is -2.07. The maximum Gasteiger partial charge on any atom is 0.166 e. The summed E-state index contributed by atoms with van der Waals surface area (Å²) in [6, 6.07) is 1.56. The molecule has 0 radical (unpaired) electrons. The second-order valence-electron chi connectivity index (χ2n) is 4.99. The molecule has 0 spiro atoms. The molecule has 0 bridgehead atoms. The number of pyridine rings is 1. The molecule has 0 unspecified atom stereocenters. The minimum Gasteiger partial charge on any atom is -0.260 e. The van der Waals surface area contributed by atoms with Crippen LogP contribution in [0, 0.1) is 0 Å². The van der Waals surface area contributed by atoms with E-state index in [-0.39, 0.29) is 5.15 Å². The average Bonchev–Trinajstić information content (AvgIpc) is 2.89. The molecule has 1 aliphatic carbocycles. The molecule has 6 heteroatoms. The molecule has 1 heterocycles. The van der Waals surface area contributed by atoms with Crippen LogP contribution in [0.2, 0.25) is 15.2 Å². The van der Waals surface area contributed by atoms with Crippen LogP contribution in [0.25, 0.3) is 0 Å². The van der Waals surface area contributed by atoms with E-state index in [0.717, 1.165) is 25.0 Å². The molecule has 1 N–H and O–H groups in total. The van der Waals surface area contributed by atoms with Crippen molar-refractivity contribution in [3.8, 4) is 0 Å². The zero-order valence-corrected chi connectivity index (χ0v) is 14.2. The van der Waals surface area contributed by atoms with Crippen LogP contribution in [0.4, 0.5) is 5.82 Å². The third-order valence-corrected chi connectivity index (χ3v) is 4.34. The molecule has 0 fully saturated rings. The summed E-state index contributed by atoms with van der Waals surface area (Å²) in [7, 11) is 0. The number of hydrogen-bond acceptors (Lipinski definition) is 3. The second-order valence-corrected chi connectivity index (χ2v) is 6.16. The van der Waals surface area contributed by atoms with Crippen molar-refractivity contribution in [2.75, 3.05) is 5.43 Å². The van der Waals surface area contributed by atoms with Crippen molar-refractivity contribution < 1.29 is 0 Å². The summed E-state index contributed by atoms with van der Waals surface area (Å²) in [6.45, 7) is 2.21. The number of aromatic nitrogens is 1. The van der Waals surface area contributed by atoms with Crippen LogP contribution in [0.15, 0.2) is 22.8 Å². The van der Waals surface area contributed by atoms with Gasteiger partial charge >= 0.3 is 0 Å². The molecule has 0 atom stereocenters. The number of hydrogen-bond donors (Lipinski definition) is 1. The average molecular weight is 347 g/mol. The highest BCUT2D eigenvalue weighted by molar-refractivity contribution is 6.42. The molecular weight excluding hydrogens is 329 g/mol. The Hall–Kier alpha value is -0.770. The number of rotatable bonds is 6. The summed E-state index contributed by atoms with van der Waals surface area (Å²) in [5.41, 5.74) is 5.31. The maximum atomic E-state index is 6.07. The predicted octanol–water partition coefficient (Wildman–Crippen LogP) is 6.11. The van der Waals surface area contributed by atoms with Gasteiger partial charge in [-0.2, -0.15) is 5.10 Å². The summed E-state index contributed by atoms with van der Waals surface area (Å²) >= 11 is 17.8. The third kappa shape index (κ3) is 4.60. The van der Waals surface area contributed by atoms with Crippen molar-refractivity contribution in [2.45, 2.75) is 45.4 Å². The van der Waals surface area contributed by atoms with Crippen LogP contribution in [-0.2, 0) is 0 Å². The molecule has 1 aromatic rings. The highest BCUT2D eigenvalue weighted by atomic mass is 35.5. The second kappa shape index (κ2) is 8.02. The zero-order chi connectivity index (χ0) is 15.2. The number of anilines is 1. The first-order valence-corrected chi connectivity index (χ1v) is 8.28. The first-order valence-electron chi connectivity index (χ1n) is 7.15. The molecule has 2 rings (SSSR count). The molecule has 3 nitrogen and oxygen atoms in total. The van der Waals surface area contributed by atoms with Crippen molar-refractivity contribution in [3.05, 3.63) is 32.9 Å². The minimum absolute atomic E-state index is 0.217. The Morgan fingerprint density at radius 1 is 1.24 bits per heavy atom. The van der Waals surface area contributed by atoms with Gasteiger partial charge in [0.25, 0.3) is 0 Å². The Morgan fingerprint density at radius 2 is 2.05 bits per heavy atom. The molecular formula is C15H18Cl3N3. The Morgan fingerprint density at radius 3 is 2.81 bits per heavy atom. The molecule has 0 aliphatic heterocycles. The van der Waals surface area contributed by atoms with Gasteiger partial charge in [0.2, 0.25) is 0 Å². The third-order valence-electron chi connectivity index (χ3n) is 3.38. The van der Waals surface area contributed by atoms with E-state index in [1.807, 2.05) is 0 Å². The van der Waals surface area contributed by atoms with Crippen LogP contribution in [0.5, 0.6) is 0 Å². The molecule has 0 saturated heterocycles. The van der Waals surface area contributed by atoms with Gasteiger partial charge in [0.1, 0.15) is 5.15 Å². The van der Waals surface area contributed by atoms with Crippen LogP contribution >= 0.6 is 34.8 Å². The van der Waals surface area contributed by atoms with Crippen LogP contribution in [-0.4, -0.2) is 10.7 Å². The molecule has 114 valence electrons. The van der Waals surface area contributed by atoms with Crippen LogP contribution in [0.1, 0.15) is 45.4 Å². The number of unbranched alkanes of at least 4 members (excludes halogenated alkanes) is 2. The Balaban J connectivity index is 2.03. The van der Waals surface area contributed by atoms with Crippen LogP contribution in [0.3, 0.4) is 0 Å².